The fourth-order valence-corrected chi connectivity index (χ4v) is 1.19. The summed E-state index contributed by atoms with van der Waals surface area (Å²) in [4.78, 5) is 4.13. The van der Waals surface area contributed by atoms with E-state index in [-0.39, 0.29) is 0 Å². The Morgan fingerprint density at radius 1 is 1.25 bits per heavy atom. The number of rotatable bonds is 7. The van der Waals surface area contributed by atoms with Crippen molar-refractivity contribution in [2.45, 2.75) is 20.5 Å². The summed E-state index contributed by atoms with van der Waals surface area (Å²) in [5.41, 5.74) is 6.40. The van der Waals surface area contributed by atoms with Gasteiger partial charge in [0, 0.05) is 6.61 Å². The summed E-state index contributed by atoms with van der Waals surface area (Å²) in [6, 6.07) is 5.52. The lowest BCUT2D eigenvalue weighted by Crippen LogP contribution is -2.09. The van der Waals surface area contributed by atoms with Crippen LogP contribution in [0.1, 0.15) is 19.5 Å². The maximum Gasteiger partial charge on any atom is 0.123 e. The van der Waals surface area contributed by atoms with Crippen molar-refractivity contribution in [3.63, 3.8) is 0 Å². The van der Waals surface area contributed by atoms with Crippen molar-refractivity contribution >= 4 is 5.82 Å². The predicted octanol–water partition coefficient (Wildman–Crippen LogP) is 1.85. The van der Waals surface area contributed by atoms with Crippen LogP contribution in [0.5, 0.6) is 0 Å². The van der Waals surface area contributed by atoms with E-state index in [2.05, 4.69) is 18.8 Å². The van der Waals surface area contributed by atoms with Gasteiger partial charge in [0.2, 0.25) is 0 Å². The van der Waals surface area contributed by atoms with Gasteiger partial charge in [-0.2, -0.15) is 0 Å². The van der Waals surface area contributed by atoms with E-state index in [1.165, 1.54) is 0 Å². The zero-order valence-corrected chi connectivity index (χ0v) is 9.98. The number of nitrogens with two attached hydrogens (primary N) is 1. The molecular weight excluding hydrogens is 204 g/mol. The summed E-state index contributed by atoms with van der Waals surface area (Å²) in [6.07, 6.45) is 0. The predicted molar refractivity (Wildman–Crippen MR) is 64.0 cm³/mol. The number of hydrogen-bond acceptors (Lipinski definition) is 4. The molecule has 0 unspecified atom stereocenters. The van der Waals surface area contributed by atoms with Crippen molar-refractivity contribution in [3.05, 3.63) is 23.9 Å². The minimum absolute atomic E-state index is 0.482. The summed E-state index contributed by atoms with van der Waals surface area (Å²) < 4.78 is 10.8. The van der Waals surface area contributed by atoms with E-state index in [0.717, 1.165) is 12.3 Å². The van der Waals surface area contributed by atoms with Crippen LogP contribution in [0.15, 0.2) is 18.2 Å². The molecule has 0 fully saturated rings. The minimum atomic E-state index is 0.482. The maximum absolute atomic E-state index is 5.55. The molecule has 1 heterocycles. The highest BCUT2D eigenvalue weighted by molar-refractivity contribution is 5.28. The number of pyridine rings is 1. The van der Waals surface area contributed by atoms with E-state index >= 15 is 0 Å². The van der Waals surface area contributed by atoms with Crippen LogP contribution in [0.3, 0.4) is 0 Å². The fraction of sp³-hybridized carbons (Fsp3) is 0.583. The topological polar surface area (TPSA) is 57.4 Å². The molecule has 0 aliphatic carbocycles. The molecule has 4 nitrogen and oxygen atoms in total. The summed E-state index contributed by atoms with van der Waals surface area (Å²) in [5.74, 6) is 1.09. The second kappa shape index (κ2) is 7.19. The smallest absolute Gasteiger partial charge is 0.123 e. The molecule has 0 aromatic carbocycles. The Balaban J connectivity index is 2.07. The quantitative estimate of drug-likeness (QED) is 0.718. The Hall–Kier alpha value is -1.13. The number of nitrogen functional groups attached to an aromatic ring is 1. The van der Waals surface area contributed by atoms with Gasteiger partial charge in [0.05, 0.1) is 25.5 Å². The third-order valence-electron chi connectivity index (χ3n) is 1.90. The lowest BCUT2D eigenvalue weighted by atomic mass is 10.2. The molecule has 0 bridgehead atoms. The normalized spacial score (nSPS) is 10.9. The molecule has 0 saturated carbocycles. The number of aromatic nitrogens is 1. The molecule has 1 rings (SSSR count). The molecule has 1 aromatic heterocycles. The highest BCUT2D eigenvalue weighted by atomic mass is 16.5. The average Bonchev–Trinajstić information content (AvgIpc) is 2.23. The Morgan fingerprint density at radius 2 is 2.00 bits per heavy atom. The molecule has 0 aliphatic heterocycles. The number of ether oxygens (including phenoxy) is 2. The van der Waals surface area contributed by atoms with Gasteiger partial charge in [-0.25, -0.2) is 4.98 Å². The molecule has 0 atom stereocenters. The second-order valence-corrected chi connectivity index (χ2v) is 4.08. The summed E-state index contributed by atoms with van der Waals surface area (Å²) in [6.45, 7) is 6.72. The number of anilines is 1. The van der Waals surface area contributed by atoms with Gasteiger partial charge < -0.3 is 15.2 Å². The van der Waals surface area contributed by atoms with Crippen molar-refractivity contribution in [1.29, 1.82) is 0 Å². The zero-order chi connectivity index (χ0) is 11.8. The number of hydrogen-bond donors (Lipinski definition) is 1. The molecule has 0 amide bonds. The van der Waals surface area contributed by atoms with E-state index in [1.807, 2.05) is 12.1 Å². The first-order valence-corrected chi connectivity index (χ1v) is 5.55. The molecule has 90 valence electrons. The summed E-state index contributed by atoms with van der Waals surface area (Å²) in [5, 5.41) is 0. The van der Waals surface area contributed by atoms with Crippen LogP contribution in [0.4, 0.5) is 5.82 Å². The second-order valence-electron chi connectivity index (χ2n) is 4.08. The fourth-order valence-electron chi connectivity index (χ4n) is 1.19. The van der Waals surface area contributed by atoms with Crippen molar-refractivity contribution in [1.82, 2.24) is 4.98 Å². The van der Waals surface area contributed by atoms with Crippen molar-refractivity contribution < 1.29 is 9.47 Å². The largest absolute Gasteiger partial charge is 0.384 e. The molecule has 2 N–H and O–H groups in total. The maximum atomic E-state index is 5.55. The van der Waals surface area contributed by atoms with Gasteiger partial charge in [-0.1, -0.05) is 19.9 Å². The molecule has 0 radical (unpaired) electrons. The van der Waals surface area contributed by atoms with Crippen LogP contribution in [0.2, 0.25) is 0 Å². The molecule has 16 heavy (non-hydrogen) atoms. The van der Waals surface area contributed by atoms with E-state index < -0.39 is 0 Å². The van der Waals surface area contributed by atoms with Crippen LogP contribution in [-0.2, 0) is 16.1 Å². The van der Waals surface area contributed by atoms with Gasteiger partial charge in [0.1, 0.15) is 5.82 Å². The standard InChI is InChI=1S/C12H20N2O2/c1-10(2)8-15-6-7-16-9-11-4-3-5-12(13)14-11/h3-5,10H,6-9H2,1-2H3,(H2,13,14). The molecule has 4 heteroatoms. The van der Waals surface area contributed by atoms with Crippen LogP contribution in [0.25, 0.3) is 0 Å². The van der Waals surface area contributed by atoms with Crippen LogP contribution in [-0.4, -0.2) is 24.8 Å². The average molecular weight is 224 g/mol. The van der Waals surface area contributed by atoms with E-state index in [9.17, 15) is 0 Å². The Bertz CT molecular complexity index is 303. The zero-order valence-electron chi connectivity index (χ0n) is 9.98. The lowest BCUT2D eigenvalue weighted by Gasteiger charge is -2.07. The third-order valence-corrected chi connectivity index (χ3v) is 1.90. The van der Waals surface area contributed by atoms with Gasteiger partial charge in [-0.3, -0.25) is 0 Å². The monoisotopic (exact) mass is 224 g/mol. The van der Waals surface area contributed by atoms with Crippen molar-refractivity contribution in [2.75, 3.05) is 25.6 Å². The highest BCUT2D eigenvalue weighted by Gasteiger charge is 1.96. The first-order valence-electron chi connectivity index (χ1n) is 5.55. The Labute approximate surface area is 96.8 Å². The first kappa shape index (κ1) is 12.9. The molecule has 1 aromatic rings. The lowest BCUT2D eigenvalue weighted by molar-refractivity contribution is 0.0305. The number of nitrogens with zero attached hydrogens (tertiary/aromatic N) is 1. The highest BCUT2D eigenvalue weighted by Crippen LogP contribution is 2.01. The molecule has 0 aliphatic rings. The Morgan fingerprint density at radius 3 is 2.69 bits per heavy atom. The summed E-state index contributed by atoms with van der Waals surface area (Å²) in [7, 11) is 0. The first-order chi connectivity index (χ1) is 7.68. The SMILES string of the molecule is CC(C)COCCOCc1cccc(N)n1. The Kier molecular flexibility index (Phi) is 5.82. The van der Waals surface area contributed by atoms with Crippen LogP contribution in [0, 0.1) is 5.92 Å². The third kappa shape index (κ3) is 5.68. The van der Waals surface area contributed by atoms with E-state index in [4.69, 9.17) is 15.2 Å². The summed E-state index contributed by atoms with van der Waals surface area (Å²) >= 11 is 0. The van der Waals surface area contributed by atoms with Gasteiger partial charge in [0.25, 0.3) is 0 Å². The van der Waals surface area contributed by atoms with Crippen LogP contribution < -0.4 is 5.73 Å². The molecule has 0 saturated heterocycles. The van der Waals surface area contributed by atoms with E-state index in [0.29, 0.717) is 31.6 Å². The van der Waals surface area contributed by atoms with Crippen molar-refractivity contribution in [3.8, 4) is 0 Å². The van der Waals surface area contributed by atoms with Gasteiger partial charge in [0.15, 0.2) is 0 Å². The molecular formula is C12H20N2O2. The van der Waals surface area contributed by atoms with E-state index in [1.54, 1.807) is 6.07 Å². The van der Waals surface area contributed by atoms with Gasteiger partial charge >= 0.3 is 0 Å². The van der Waals surface area contributed by atoms with Crippen LogP contribution >= 0.6 is 0 Å². The minimum Gasteiger partial charge on any atom is -0.384 e. The molecule has 0 spiro atoms. The van der Waals surface area contributed by atoms with Gasteiger partial charge in [-0.05, 0) is 18.1 Å². The van der Waals surface area contributed by atoms with Crippen molar-refractivity contribution in [2.24, 2.45) is 5.92 Å². The van der Waals surface area contributed by atoms with Gasteiger partial charge in [-0.15, -0.1) is 0 Å².